The number of halogens is 1. The summed E-state index contributed by atoms with van der Waals surface area (Å²) < 4.78 is 27.6. The Morgan fingerprint density at radius 1 is 1.12 bits per heavy atom. The first-order valence-electron chi connectivity index (χ1n) is 7.22. The van der Waals surface area contributed by atoms with Crippen LogP contribution in [0.4, 0.5) is 5.69 Å². The zero-order chi connectivity index (χ0) is 18.4. The number of sulfone groups is 1. The first kappa shape index (κ1) is 19.0. The summed E-state index contributed by atoms with van der Waals surface area (Å²) >= 11 is 5.75. The predicted molar refractivity (Wildman–Crippen MR) is 95.4 cm³/mol. The van der Waals surface area contributed by atoms with Crippen LogP contribution < -0.4 is 5.32 Å². The summed E-state index contributed by atoms with van der Waals surface area (Å²) in [7, 11) is -3.21. The molecule has 0 unspecified atom stereocenters. The number of hydrogen-bond acceptors (Lipinski definition) is 5. The Morgan fingerprint density at radius 2 is 1.80 bits per heavy atom. The summed E-state index contributed by atoms with van der Waals surface area (Å²) in [6, 6.07) is 12.6. The minimum Gasteiger partial charge on any atom is -0.452 e. The molecule has 1 amide bonds. The third-order valence-electron chi connectivity index (χ3n) is 3.05. The van der Waals surface area contributed by atoms with Crippen LogP contribution in [0.1, 0.15) is 15.9 Å². The highest BCUT2D eigenvalue weighted by Crippen LogP contribution is 2.13. The van der Waals surface area contributed by atoms with Crippen molar-refractivity contribution in [1.82, 2.24) is 0 Å². The molecule has 0 aliphatic carbocycles. The number of carbonyl (C=O) groups is 2. The molecule has 0 bridgehead atoms. The van der Waals surface area contributed by atoms with E-state index in [4.69, 9.17) is 16.3 Å². The molecule has 0 heterocycles. The molecule has 0 saturated carbocycles. The maximum Gasteiger partial charge on any atom is 0.338 e. The SMILES string of the molecule is CS(=O)(=O)Cc1cccc(C(=O)OCC(=O)Nc2ccc(Cl)cc2)c1. The predicted octanol–water partition coefficient (Wildman–Crippen LogP) is 2.68. The summed E-state index contributed by atoms with van der Waals surface area (Å²) in [4.78, 5) is 23.8. The average molecular weight is 382 g/mol. The molecular weight excluding hydrogens is 366 g/mol. The van der Waals surface area contributed by atoms with Gasteiger partial charge in [0, 0.05) is 17.0 Å². The number of ether oxygens (including phenoxy) is 1. The van der Waals surface area contributed by atoms with Crippen molar-refractivity contribution in [2.75, 3.05) is 18.2 Å². The first-order valence-corrected chi connectivity index (χ1v) is 9.66. The fraction of sp³-hybridized carbons (Fsp3) is 0.176. The number of amides is 1. The molecular formula is C17H16ClNO5S. The van der Waals surface area contributed by atoms with Gasteiger partial charge >= 0.3 is 5.97 Å². The molecule has 25 heavy (non-hydrogen) atoms. The van der Waals surface area contributed by atoms with Crippen molar-refractivity contribution in [3.8, 4) is 0 Å². The smallest absolute Gasteiger partial charge is 0.338 e. The van der Waals surface area contributed by atoms with Crippen molar-refractivity contribution in [2.45, 2.75) is 5.75 Å². The van der Waals surface area contributed by atoms with Crippen molar-refractivity contribution in [2.24, 2.45) is 0 Å². The quantitative estimate of drug-likeness (QED) is 0.777. The van der Waals surface area contributed by atoms with Gasteiger partial charge in [0.15, 0.2) is 16.4 Å². The van der Waals surface area contributed by atoms with Crippen LogP contribution in [0, 0.1) is 0 Å². The summed E-state index contributed by atoms with van der Waals surface area (Å²) in [6.07, 6.45) is 1.11. The van der Waals surface area contributed by atoms with Crippen molar-refractivity contribution in [1.29, 1.82) is 0 Å². The van der Waals surface area contributed by atoms with Crippen molar-refractivity contribution in [3.63, 3.8) is 0 Å². The van der Waals surface area contributed by atoms with E-state index in [0.29, 0.717) is 16.3 Å². The number of rotatable bonds is 6. The highest BCUT2D eigenvalue weighted by Gasteiger charge is 2.12. The van der Waals surface area contributed by atoms with Gasteiger partial charge in [0.05, 0.1) is 11.3 Å². The van der Waals surface area contributed by atoms with E-state index in [1.165, 1.54) is 12.1 Å². The van der Waals surface area contributed by atoms with Gasteiger partial charge in [-0.25, -0.2) is 13.2 Å². The lowest BCUT2D eigenvalue weighted by Gasteiger charge is -2.07. The van der Waals surface area contributed by atoms with Crippen LogP contribution in [-0.2, 0) is 25.1 Å². The molecule has 0 fully saturated rings. The van der Waals surface area contributed by atoms with Gasteiger partial charge in [0.1, 0.15) is 0 Å². The molecule has 0 atom stereocenters. The Balaban J connectivity index is 1.92. The van der Waals surface area contributed by atoms with E-state index < -0.39 is 28.3 Å². The number of nitrogens with one attached hydrogen (secondary N) is 1. The second kappa shape index (κ2) is 8.13. The zero-order valence-corrected chi connectivity index (χ0v) is 14.9. The topological polar surface area (TPSA) is 89.5 Å². The van der Waals surface area contributed by atoms with E-state index in [0.717, 1.165) is 6.26 Å². The van der Waals surface area contributed by atoms with Crippen molar-refractivity contribution in [3.05, 3.63) is 64.7 Å². The standard InChI is InChI=1S/C17H16ClNO5S/c1-25(22,23)11-12-3-2-4-13(9-12)17(21)24-10-16(20)19-15-7-5-14(18)6-8-15/h2-9H,10-11H2,1H3,(H,19,20). The summed E-state index contributed by atoms with van der Waals surface area (Å²) in [5.74, 6) is -1.38. The summed E-state index contributed by atoms with van der Waals surface area (Å²) in [5, 5.41) is 3.10. The van der Waals surface area contributed by atoms with Crippen molar-refractivity contribution >= 4 is 39.0 Å². The van der Waals surface area contributed by atoms with Crippen LogP contribution in [-0.4, -0.2) is 33.2 Å². The Bertz CT molecular complexity index is 878. The molecule has 0 aliphatic rings. The molecule has 2 rings (SSSR count). The van der Waals surface area contributed by atoms with E-state index in [2.05, 4.69) is 5.32 Å². The van der Waals surface area contributed by atoms with Gasteiger partial charge in [-0.2, -0.15) is 0 Å². The molecule has 0 saturated heterocycles. The molecule has 1 N–H and O–H groups in total. The summed E-state index contributed by atoms with van der Waals surface area (Å²) in [6.45, 7) is -0.461. The molecule has 132 valence electrons. The fourth-order valence-corrected chi connectivity index (χ4v) is 2.95. The van der Waals surface area contributed by atoms with E-state index in [9.17, 15) is 18.0 Å². The van der Waals surface area contributed by atoms with Crippen molar-refractivity contribution < 1.29 is 22.7 Å². The Hall–Kier alpha value is -2.38. The van der Waals surface area contributed by atoms with Gasteiger partial charge < -0.3 is 10.1 Å². The zero-order valence-electron chi connectivity index (χ0n) is 13.4. The number of hydrogen-bond donors (Lipinski definition) is 1. The number of esters is 1. The summed E-state index contributed by atoms with van der Waals surface area (Å²) in [5.41, 5.74) is 1.18. The lowest BCUT2D eigenvalue weighted by molar-refractivity contribution is -0.119. The molecule has 6 nitrogen and oxygen atoms in total. The average Bonchev–Trinajstić information content (AvgIpc) is 2.53. The Morgan fingerprint density at radius 3 is 2.44 bits per heavy atom. The molecule has 2 aromatic rings. The van der Waals surface area contributed by atoms with E-state index >= 15 is 0 Å². The normalized spacial score (nSPS) is 11.0. The minimum absolute atomic E-state index is 0.175. The van der Waals surface area contributed by atoms with Crippen LogP contribution in [0.3, 0.4) is 0 Å². The molecule has 0 radical (unpaired) electrons. The molecule has 0 aromatic heterocycles. The number of anilines is 1. The minimum atomic E-state index is -3.21. The van der Waals surface area contributed by atoms with Gasteiger partial charge in [0.2, 0.25) is 0 Å². The number of benzene rings is 2. The lowest BCUT2D eigenvalue weighted by atomic mass is 10.1. The highest BCUT2D eigenvalue weighted by atomic mass is 35.5. The molecule has 8 heteroatoms. The van der Waals surface area contributed by atoms with Gasteiger partial charge in [-0.15, -0.1) is 0 Å². The van der Waals surface area contributed by atoms with Gasteiger partial charge in [0.25, 0.3) is 5.91 Å². The van der Waals surface area contributed by atoms with Crippen LogP contribution >= 0.6 is 11.6 Å². The maximum absolute atomic E-state index is 12.0. The maximum atomic E-state index is 12.0. The monoisotopic (exact) mass is 381 g/mol. The van der Waals surface area contributed by atoms with Gasteiger partial charge in [-0.3, -0.25) is 4.79 Å². The van der Waals surface area contributed by atoms with Crippen LogP contribution in [0.2, 0.25) is 5.02 Å². The van der Waals surface area contributed by atoms with E-state index in [1.54, 1.807) is 36.4 Å². The highest BCUT2D eigenvalue weighted by molar-refractivity contribution is 7.89. The van der Waals surface area contributed by atoms with E-state index in [1.807, 2.05) is 0 Å². The van der Waals surface area contributed by atoms with Crippen LogP contribution in [0.15, 0.2) is 48.5 Å². The molecule has 2 aromatic carbocycles. The Kier molecular flexibility index (Phi) is 6.17. The molecule has 0 spiro atoms. The third kappa shape index (κ3) is 6.56. The largest absolute Gasteiger partial charge is 0.452 e. The first-order chi connectivity index (χ1) is 11.7. The lowest BCUT2D eigenvalue weighted by Crippen LogP contribution is -2.21. The Labute approximate surface area is 150 Å². The van der Waals surface area contributed by atoms with Gasteiger partial charge in [-0.1, -0.05) is 23.7 Å². The van der Waals surface area contributed by atoms with E-state index in [-0.39, 0.29) is 11.3 Å². The van der Waals surface area contributed by atoms with Crippen LogP contribution in [0.25, 0.3) is 0 Å². The second-order valence-electron chi connectivity index (χ2n) is 5.40. The van der Waals surface area contributed by atoms with Gasteiger partial charge in [-0.05, 0) is 42.0 Å². The second-order valence-corrected chi connectivity index (χ2v) is 7.98. The fourth-order valence-electron chi connectivity index (χ4n) is 2.04. The molecule has 0 aliphatic heterocycles. The van der Waals surface area contributed by atoms with Crippen LogP contribution in [0.5, 0.6) is 0 Å². The number of carbonyl (C=O) groups excluding carboxylic acids is 2. The third-order valence-corrected chi connectivity index (χ3v) is 4.16.